The van der Waals surface area contributed by atoms with E-state index in [1.165, 1.54) is 0 Å². The number of nitrogens with zero attached hydrogens (tertiary/aromatic N) is 1. The minimum Gasteiger partial charge on any atom is -0.497 e. The molecule has 0 fully saturated rings. The standard InChI is InChI=1S/C25H22ClNO3/c1-27-22-15-19(26)10-11-21(22)24(30-3)23(25(27)28)18-8-4-6-16(13-18)12-17-7-5-9-20(14-17)29-2/h4-11,13-15H,12H2,1-3H3. The summed E-state index contributed by atoms with van der Waals surface area (Å²) in [5.41, 5.74) is 4.22. The molecule has 0 aliphatic heterocycles. The van der Waals surface area contributed by atoms with Crippen molar-refractivity contribution in [1.82, 2.24) is 4.57 Å². The lowest BCUT2D eigenvalue weighted by atomic mass is 9.98. The van der Waals surface area contributed by atoms with Gasteiger partial charge in [-0.05, 0) is 53.4 Å². The summed E-state index contributed by atoms with van der Waals surface area (Å²) < 4.78 is 12.6. The van der Waals surface area contributed by atoms with Gasteiger partial charge in [0.05, 0.1) is 25.3 Å². The zero-order valence-corrected chi connectivity index (χ0v) is 17.9. The fourth-order valence-corrected chi connectivity index (χ4v) is 3.97. The van der Waals surface area contributed by atoms with Crippen molar-refractivity contribution in [1.29, 1.82) is 0 Å². The molecule has 4 rings (SSSR count). The quantitative estimate of drug-likeness (QED) is 0.431. The number of methoxy groups -OCH3 is 2. The van der Waals surface area contributed by atoms with Crippen LogP contribution in [0.2, 0.25) is 5.02 Å². The van der Waals surface area contributed by atoms with Crippen LogP contribution < -0.4 is 15.0 Å². The van der Waals surface area contributed by atoms with Gasteiger partial charge in [-0.25, -0.2) is 0 Å². The Bertz CT molecular complexity index is 1290. The van der Waals surface area contributed by atoms with Crippen molar-refractivity contribution in [2.75, 3.05) is 14.2 Å². The third-order valence-electron chi connectivity index (χ3n) is 5.27. The topological polar surface area (TPSA) is 40.5 Å². The third kappa shape index (κ3) is 3.66. The van der Waals surface area contributed by atoms with Crippen LogP contribution in [0.1, 0.15) is 11.1 Å². The number of halogens is 1. The highest BCUT2D eigenvalue weighted by molar-refractivity contribution is 6.31. The molecule has 0 saturated carbocycles. The van der Waals surface area contributed by atoms with E-state index in [2.05, 4.69) is 12.1 Å². The molecule has 5 heteroatoms. The zero-order chi connectivity index (χ0) is 21.3. The number of ether oxygens (including phenoxy) is 2. The minimum atomic E-state index is -0.125. The normalized spacial score (nSPS) is 10.9. The van der Waals surface area contributed by atoms with Crippen molar-refractivity contribution in [2.24, 2.45) is 7.05 Å². The largest absolute Gasteiger partial charge is 0.497 e. The number of aromatic nitrogens is 1. The fraction of sp³-hybridized carbons (Fsp3) is 0.160. The molecule has 0 unspecified atom stereocenters. The van der Waals surface area contributed by atoms with Crippen LogP contribution in [-0.2, 0) is 13.5 Å². The molecule has 0 spiro atoms. The van der Waals surface area contributed by atoms with Crippen LogP contribution in [0, 0.1) is 0 Å². The smallest absolute Gasteiger partial charge is 0.262 e. The zero-order valence-electron chi connectivity index (χ0n) is 17.1. The molecule has 0 aliphatic carbocycles. The minimum absolute atomic E-state index is 0.125. The van der Waals surface area contributed by atoms with Gasteiger partial charge in [0, 0.05) is 17.5 Å². The summed E-state index contributed by atoms with van der Waals surface area (Å²) in [6.45, 7) is 0. The van der Waals surface area contributed by atoms with Gasteiger partial charge in [0.25, 0.3) is 5.56 Å². The predicted molar refractivity (Wildman–Crippen MR) is 122 cm³/mol. The molecular weight excluding hydrogens is 398 g/mol. The van der Waals surface area contributed by atoms with Gasteiger partial charge in [-0.3, -0.25) is 4.79 Å². The van der Waals surface area contributed by atoms with Crippen LogP contribution in [0.3, 0.4) is 0 Å². The highest BCUT2D eigenvalue weighted by Gasteiger charge is 2.18. The SMILES string of the molecule is COc1cccc(Cc2cccc(-c3c(OC)c4ccc(Cl)cc4n(C)c3=O)c2)c1. The van der Waals surface area contributed by atoms with E-state index in [4.69, 9.17) is 21.1 Å². The number of hydrogen-bond donors (Lipinski definition) is 0. The highest BCUT2D eigenvalue weighted by atomic mass is 35.5. The average molecular weight is 420 g/mol. The van der Waals surface area contributed by atoms with Gasteiger partial charge in [-0.1, -0.05) is 48.0 Å². The molecule has 3 aromatic carbocycles. The van der Waals surface area contributed by atoms with E-state index in [9.17, 15) is 4.79 Å². The molecule has 0 aliphatic rings. The van der Waals surface area contributed by atoms with Crippen LogP contribution in [0.15, 0.2) is 71.5 Å². The molecule has 0 amide bonds. The molecule has 30 heavy (non-hydrogen) atoms. The average Bonchev–Trinajstić information content (AvgIpc) is 2.76. The second kappa shape index (κ2) is 8.25. The number of benzene rings is 3. The third-order valence-corrected chi connectivity index (χ3v) is 5.51. The molecule has 1 aromatic heterocycles. The Kier molecular flexibility index (Phi) is 5.51. The summed E-state index contributed by atoms with van der Waals surface area (Å²) in [4.78, 5) is 13.3. The van der Waals surface area contributed by atoms with Crippen LogP contribution in [0.5, 0.6) is 11.5 Å². The van der Waals surface area contributed by atoms with E-state index in [1.807, 2.05) is 42.5 Å². The fourth-order valence-electron chi connectivity index (χ4n) is 3.80. The van der Waals surface area contributed by atoms with Crippen LogP contribution in [0.4, 0.5) is 0 Å². The molecule has 152 valence electrons. The first-order valence-electron chi connectivity index (χ1n) is 9.60. The second-order valence-corrected chi connectivity index (χ2v) is 7.60. The van der Waals surface area contributed by atoms with Crippen molar-refractivity contribution in [3.8, 4) is 22.6 Å². The lowest BCUT2D eigenvalue weighted by Gasteiger charge is -2.16. The van der Waals surface area contributed by atoms with E-state index >= 15 is 0 Å². The highest BCUT2D eigenvalue weighted by Crippen LogP contribution is 2.35. The van der Waals surface area contributed by atoms with Gasteiger partial charge < -0.3 is 14.0 Å². The summed E-state index contributed by atoms with van der Waals surface area (Å²) in [6.07, 6.45) is 0.733. The first kappa shape index (κ1) is 20.0. The Hall–Kier alpha value is -3.24. The molecule has 0 saturated heterocycles. The number of hydrogen-bond acceptors (Lipinski definition) is 3. The summed E-state index contributed by atoms with van der Waals surface area (Å²) in [7, 11) is 5.01. The van der Waals surface area contributed by atoms with Gasteiger partial charge in [-0.15, -0.1) is 0 Å². The van der Waals surface area contributed by atoms with Crippen molar-refractivity contribution in [2.45, 2.75) is 6.42 Å². The van der Waals surface area contributed by atoms with Gasteiger partial charge in [0.1, 0.15) is 11.5 Å². The number of rotatable bonds is 5. The Morgan fingerprint density at radius 2 is 1.63 bits per heavy atom. The van der Waals surface area contributed by atoms with Crippen molar-refractivity contribution < 1.29 is 9.47 Å². The van der Waals surface area contributed by atoms with E-state index in [1.54, 1.807) is 38.0 Å². The first-order chi connectivity index (χ1) is 14.5. The molecule has 0 bridgehead atoms. The van der Waals surface area contributed by atoms with E-state index < -0.39 is 0 Å². The van der Waals surface area contributed by atoms with Gasteiger partial charge in [-0.2, -0.15) is 0 Å². The summed E-state index contributed by atoms with van der Waals surface area (Å²) in [5, 5.41) is 1.42. The molecule has 1 heterocycles. The van der Waals surface area contributed by atoms with Crippen molar-refractivity contribution in [3.05, 3.63) is 93.2 Å². The number of aryl methyl sites for hydroxylation is 1. The molecule has 4 aromatic rings. The van der Waals surface area contributed by atoms with Gasteiger partial charge in [0.15, 0.2) is 0 Å². The van der Waals surface area contributed by atoms with E-state index in [0.717, 1.165) is 39.8 Å². The lowest BCUT2D eigenvalue weighted by Crippen LogP contribution is -2.20. The number of pyridine rings is 1. The number of fused-ring (bicyclic) bond motifs is 1. The van der Waals surface area contributed by atoms with Gasteiger partial charge >= 0.3 is 0 Å². The van der Waals surface area contributed by atoms with E-state index in [0.29, 0.717) is 16.3 Å². The van der Waals surface area contributed by atoms with E-state index in [-0.39, 0.29) is 5.56 Å². The lowest BCUT2D eigenvalue weighted by molar-refractivity contribution is 0.414. The predicted octanol–water partition coefficient (Wildman–Crippen LogP) is 5.47. The summed E-state index contributed by atoms with van der Waals surface area (Å²) in [6, 6.07) is 21.5. The van der Waals surface area contributed by atoms with Gasteiger partial charge in [0.2, 0.25) is 0 Å². The summed E-state index contributed by atoms with van der Waals surface area (Å²) in [5.74, 6) is 1.38. The van der Waals surface area contributed by atoms with Crippen molar-refractivity contribution >= 4 is 22.5 Å². The Labute approximate surface area is 180 Å². The second-order valence-electron chi connectivity index (χ2n) is 7.16. The monoisotopic (exact) mass is 419 g/mol. The maximum Gasteiger partial charge on any atom is 0.262 e. The molecule has 0 N–H and O–H groups in total. The van der Waals surface area contributed by atoms with Crippen LogP contribution in [0.25, 0.3) is 22.0 Å². The summed E-state index contributed by atoms with van der Waals surface area (Å²) >= 11 is 6.15. The Morgan fingerprint density at radius 3 is 2.37 bits per heavy atom. The maximum atomic E-state index is 13.3. The molecular formula is C25H22ClNO3. The van der Waals surface area contributed by atoms with Crippen molar-refractivity contribution in [3.63, 3.8) is 0 Å². The maximum absolute atomic E-state index is 13.3. The van der Waals surface area contributed by atoms with Crippen LogP contribution in [-0.4, -0.2) is 18.8 Å². The molecule has 0 atom stereocenters. The Morgan fingerprint density at radius 1 is 0.900 bits per heavy atom. The molecule has 4 nitrogen and oxygen atoms in total. The first-order valence-corrected chi connectivity index (χ1v) is 9.98. The molecule has 0 radical (unpaired) electrons. The van der Waals surface area contributed by atoms with Crippen LogP contribution >= 0.6 is 11.6 Å². The Balaban J connectivity index is 1.85.